The van der Waals surface area contributed by atoms with Gasteiger partial charge in [0.25, 0.3) is 0 Å². The zero-order chi connectivity index (χ0) is 18.6. The SMILES string of the molecule is O=C(CC1=C2CCCCC2NC1=O)NC1CCN(Cc2ccccc2)CC1. The number of amides is 2. The minimum Gasteiger partial charge on any atom is -0.353 e. The van der Waals surface area contributed by atoms with Crippen LogP contribution in [0.1, 0.15) is 50.5 Å². The van der Waals surface area contributed by atoms with Crippen LogP contribution in [0.4, 0.5) is 0 Å². The largest absolute Gasteiger partial charge is 0.353 e. The van der Waals surface area contributed by atoms with Crippen molar-refractivity contribution in [2.24, 2.45) is 0 Å². The second-order valence-electron chi connectivity index (χ2n) is 8.06. The molecule has 1 aromatic rings. The molecule has 0 aromatic heterocycles. The molecule has 2 N–H and O–H groups in total. The van der Waals surface area contributed by atoms with E-state index in [-0.39, 0.29) is 30.3 Å². The number of likely N-dealkylation sites (tertiary alicyclic amines) is 1. The van der Waals surface area contributed by atoms with Gasteiger partial charge in [0.2, 0.25) is 11.8 Å². The Labute approximate surface area is 161 Å². The Morgan fingerprint density at radius 2 is 1.89 bits per heavy atom. The van der Waals surface area contributed by atoms with Crippen molar-refractivity contribution in [1.29, 1.82) is 0 Å². The van der Waals surface area contributed by atoms with Crippen LogP contribution in [-0.2, 0) is 16.1 Å². The Morgan fingerprint density at radius 3 is 2.67 bits per heavy atom. The molecule has 1 aliphatic carbocycles. The minimum atomic E-state index is -0.0234. The van der Waals surface area contributed by atoms with Gasteiger partial charge >= 0.3 is 0 Å². The molecule has 0 radical (unpaired) electrons. The number of carbonyl (C=O) groups is 2. The third-order valence-electron chi connectivity index (χ3n) is 6.12. The molecule has 3 aliphatic rings. The van der Waals surface area contributed by atoms with E-state index in [0.717, 1.165) is 63.7 Å². The van der Waals surface area contributed by atoms with E-state index in [9.17, 15) is 9.59 Å². The molecule has 2 amide bonds. The molecule has 2 fully saturated rings. The number of rotatable bonds is 5. The lowest BCUT2D eigenvalue weighted by molar-refractivity contribution is -0.123. The van der Waals surface area contributed by atoms with E-state index in [1.165, 1.54) is 11.1 Å². The summed E-state index contributed by atoms with van der Waals surface area (Å²) in [5.41, 5.74) is 3.26. The molecule has 1 atom stereocenters. The van der Waals surface area contributed by atoms with E-state index in [1.807, 2.05) is 6.07 Å². The first-order valence-corrected chi connectivity index (χ1v) is 10.3. The summed E-state index contributed by atoms with van der Waals surface area (Å²) < 4.78 is 0. The van der Waals surface area contributed by atoms with Crippen LogP contribution in [0.3, 0.4) is 0 Å². The Hall–Kier alpha value is -2.14. The minimum absolute atomic E-state index is 0.000354. The normalized spacial score (nSPS) is 23.9. The van der Waals surface area contributed by atoms with Gasteiger partial charge in [-0.2, -0.15) is 0 Å². The van der Waals surface area contributed by atoms with Crippen LogP contribution in [0.25, 0.3) is 0 Å². The second kappa shape index (κ2) is 8.26. The van der Waals surface area contributed by atoms with Crippen molar-refractivity contribution in [3.8, 4) is 0 Å². The first-order valence-electron chi connectivity index (χ1n) is 10.3. The van der Waals surface area contributed by atoms with Gasteiger partial charge in [-0.1, -0.05) is 36.8 Å². The van der Waals surface area contributed by atoms with Crippen LogP contribution in [0.5, 0.6) is 0 Å². The summed E-state index contributed by atoms with van der Waals surface area (Å²) in [6, 6.07) is 10.9. The van der Waals surface area contributed by atoms with Crippen molar-refractivity contribution in [2.75, 3.05) is 13.1 Å². The fraction of sp³-hybridized carbons (Fsp3) is 0.545. The monoisotopic (exact) mass is 367 g/mol. The van der Waals surface area contributed by atoms with Crippen molar-refractivity contribution < 1.29 is 9.59 Å². The highest BCUT2D eigenvalue weighted by molar-refractivity contribution is 6.02. The van der Waals surface area contributed by atoms with Gasteiger partial charge in [-0.3, -0.25) is 14.5 Å². The molecule has 0 spiro atoms. The number of nitrogens with zero attached hydrogens (tertiary/aromatic N) is 1. The maximum Gasteiger partial charge on any atom is 0.248 e. The lowest BCUT2D eigenvalue weighted by Crippen LogP contribution is -2.44. The number of hydrogen-bond donors (Lipinski definition) is 2. The van der Waals surface area contributed by atoms with Gasteiger partial charge in [-0.25, -0.2) is 0 Å². The second-order valence-corrected chi connectivity index (χ2v) is 8.06. The maximum atomic E-state index is 12.5. The number of nitrogens with one attached hydrogen (secondary N) is 2. The molecule has 5 nitrogen and oxygen atoms in total. The third-order valence-corrected chi connectivity index (χ3v) is 6.12. The lowest BCUT2D eigenvalue weighted by Gasteiger charge is -2.32. The summed E-state index contributed by atoms with van der Waals surface area (Å²) >= 11 is 0. The molecule has 1 unspecified atom stereocenters. The van der Waals surface area contributed by atoms with Crippen molar-refractivity contribution in [3.05, 3.63) is 47.0 Å². The molecule has 2 aliphatic heterocycles. The molecular formula is C22H29N3O2. The van der Waals surface area contributed by atoms with Gasteiger partial charge in [-0.15, -0.1) is 0 Å². The topological polar surface area (TPSA) is 61.4 Å². The van der Waals surface area contributed by atoms with Gasteiger partial charge < -0.3 is 10.6 Å². The van der Waals surface area contributed by atoms with Gasteiger partial charge in [0.1, 0.15) is 0 Å². The number of benzene rings is 1. The lowest BCUT2D eigenvalue weighted by atomic mass is 9.88. The van der Waals surface area contributed by atoms with Crippen molar-refractivity contribution in [1.82, 2.24) is 15.5 Å². The Bertz CT molecular complexity index is 720. The molecule has 5 heteroatoms. The third kappa shape index (κ3) is 4.41. The van der Waals surface area contributed by atoms with Crippen molar-refractivity contribution in [2.45, 2.75) is 63.6 Å². The predicted octanol–water partition coefficient (Wildman–Crippen LogP) is 2.53. The molecule has 1 aromatic carbocycles. The molecule has 27 heavy (non-hydrogen) atoms. The van der Waals surface area contributed by atoms with Gasteiger partial charge in [0, 0.05) is 31.2 Å². The highest BCUT2D eigenvalue weighted by atomic mass is 16.2. The van der Waals surface area contributed by atoms with Crippen LogP contribution < -0.4 is 10.6 Å². The quantitative estimate of drug-likeness (QED) is 0.841. The first kappa shape index (κ1) is 18.2. The average Bonchev–Trinajstić information content (AvgIpc) is 2.99. The van der Waals surface area contributed by atoms with E-state index >= 15 is 0 Å². The van der Waals surface area contributed by atoms with E-state index in [2.05, 4.69) is 39.8 Å². The summed E-state index contributed by atoms with van der Waals surface area (Å²) in [5, 5.41) is 6.21. The fourth-order valence-electron chi connectivity index (χ4n) is 4.63. The molecule has 1 saturated carbocycles. The molecule has 0 bridgehead atoms. The number of fused-ring (bicyclic) bond motifs is 1. The summed E-state index contributed by atoms with van der Waals surface area (Å²) in [7, 11) is 0. The van der Waals surface area contributed by atoms with E-state index in [4.69, 9.17) is 0 Å². The maximum absolute atomic E-state index is 12.5. The molecule has 4 rings (SSSR count). The number of piperidine rings is 1. The fourth-order valence-corrected chi connectivity index (χ4v) is 4.63. The zero-order valence-corrected chi connectivity index (χ0v) is 15.9. The predicted molar refractivity (Wildman–Crippen MR) is 105 cm³/mol. The van der Waals surface area contributed by atoms with Crippen LogP contribution in [-0.4, -0.2) is 41.9 Å². The van der Waals surface area contributed by atoms with E-state index in [1.54, 1.807) is 0 Å². The Kier molecular flexibility index (Phi) is 5.58. The van der Waals surface area contributed by atoms with E-state index in [0.29, 0.717) is 0 Å². The summed E-state index contributed by atoms with van der Waals surface area (Å²) in [5.74, 6) is -0.0230. The number of hydrogen-bond acceptors (Lipinski definition) is 3. The number of carbonyl (C=O) groups excluding carboxylic acids is 2. The van der Waals surface area contributed by atoms with Gasteiger partial charge in [-0.05, 0) is 43.2 Å². The van der Waals surface area contributed by atoms with E-state index < -0.39 is 0 Å². The van der Waals surface area contributed by atoms with Gasteiger partial charge in [0.15, 0.2) is 0 Å². The van der Waals surface area contributed by atoms with Crippen LogP contribution in [0.2, 0.25) is 0 Å². The van der Waals surface area contributed by atoms with Crippen LogP contribution in [0, 0.1) is 0 Å². The highest BCUT2D eigenvalue weighted by Gasteiger charge is 2.34. The Morgan fingerprint density at radius 1 is 1.11 bits per heavy atom. The smallest absolute Gasteiger partial charge is 0.248 e. The Balaban J connectivity index is 1.25. The summed E-state index contributed by atoms with van der Waals surface area (Å²) in [6.45, 7) is 2.96. The van der Waals surface area contributed by atoms with Gasteiger partial charge in [0.05, 0.1) is 12.5 Å². The van der Waals surface area contributed by atoms with Crippen molar-refractivity contribution >= 4 is 11.8 Å². The van der Waals surface area contributed by atoms with Crippen LogP contribution in [0.15, 0.2) is 41.5 Å². The molecule has 2 heterocycles. The average molecular weight is 367 g/mol. The summed E-state index contributed by atoms with van der Waals surface area (Å²) in [6.07, 6.45) is 6.46. The first-order chi connectivity index (χ1) is 13.2. The van der Waals surface area contributed by atoms with Crippen molar-refractivity contribution in [3.63, 3.8) is 0 Å². The highest BCUT2D eigenvalue weighted by Crippen LogP contribution is 2.32. The molecular weight excluding hydrogens is 338 g/mol. The zero-order valence-electron chi connectivity index (χ0n) is 15.9. The summed E-state index contributed by atoms with van der Waals surface area (Å²) in [4.78, 5) is 27.2. The molecule has 144 valence electrons. The standard InChI is InChI=1S/C22H29N3O2/c26-21(14-19-18-8-4-5-9-20(18)24-22(19)27)23-17-10-12-25(13-11-17)15-16-6-2-1-3-7-16/h1-3,6-7,17,20H,4-5,8-15H2,(H,23,26)(H,24,27). The van der Waals surface area contributed by atoms with Crippen LogP contribution >= 0.6 is 0 Å². The molecule has 1 saturated heterocycles.